The van der Waals surface area contributed by atoms with E-state index >= 15 is 0 Å². The Balaban J connectivity index is 0.000000362. The minimum Gasteiger partial charge on any atom is -0.653 e. The molecule has 1 saturated heterocycles. The number of hydrogen-bond acceptors (Lipinski definition) is 4. The topological polar surface area (TPSA) is 55.9 Å². The Labute approximate surface area is 200 Å². The summed E-state index contributed by atoms with van der Waals surface area (Å²) in [6.07, 6.45) is 12.4. The molecule has 8 atom stereocenters. The molecule has 4 aliphatic carbocycles. The van der Waals surface area contributed by atoms with Crippen molar-refractivity contribution in [2.75, 3.05) is 6.61 Å². The summed E-state index contributed by atoms with van der Waals surface area (Å²) < 4.78 is 10.2. The summed E-state index contributed by atoms with van der Waals surface area (Å²) >= 11 is 0. The van der Waals surface area contributed by atoms with E-state index in [4.69, 9.17) is 9.53 Å². The standard InChI is InChI=1S/C21H29O2.C3H5O2.Y/c1-4-12-5-6-14-17-15(8-10-20(12,14)2)21(3)9-7-13(22)11-16(21)18-19(17)23-18;1-2-5-3-4;/h4,11-12,14-15,17-19H,5-10H2,1-3H3;2H2,1H3;/q2*-1;/t12-,14?,15?,17?,18+,19-,20+,21+;;/m0../s1. The van der Waals surface area contributed by atoms with E-state index in [1.165, 1.54) is 37.7 Å². The zero-order valence-electron chi connectivity index (χ0n) is 18.3. The molecule has 0 aromatic carbocycles. The van der Waals surface area contributed by atoms with Crippen LogP contribution in [-0.4, -0.2) is 31.1 Å². The van der Waals surface area contributed by atoms with Crippen molar-refractivity contribution in [3.63, 3.8) is 0 Å². The normalized spacial score (nSPS) is 46.3. The number of ether oxygens (including phenoxy) is 2. The van der Waals surface area contributed by atoms with Crippen molar-refractivity contribution < 1.29 is 51.8 Å². The maximum atomic E-state index is 12.0. The second-order valence-corrected chi connectivity index (χ2v) is 9.87. The number of carbonyl (C=O) groups excluding carboxylic acids is 2. The first kappa shape index (κ1) is 23.6. The molecular weight excluding hydrogens is 441 g/mol. The van der Waals surface area contributed by atoms with Crippen LogP contribution in [0.5, 0.6) is 0 Å². The van der Waals surface area contributed by atoms with Crippen LogP contribution in [0.15, 0.2) is 11.6 Å². The SMILES string of the molecule is CCO[C-]=O.C[CH-][C@H]1CCC2C3C(CC[C@@]21C)[C@@]1(C)CCC(=O)C=C1[C@H]1O[C@@H]31.[Y]. The van der Waals surface area contributed by atoms with Gasteiger partial charge in [0.2, 0.25) is 0 Å². The second kappa shape index (κ2) is 8.83. The molecule has 4 fully saturated rings. The molecule has 159 valence electrons. The number of epoxide rings is 1. The van der Waals surface area contributed by atoms with Crippen LogP contribution in [0.2, 0.25) is 0 Å². The molecular formula is C24H34O4Y-2. The fraction of sp³-hybridized carbons (Fsp3) is 0.792. The summed E-state index contributed by atoms with van der Waals surface area (Å²) in [5, 5.41) is 0. The number of carbonyl (C=O) groups is 1. The van der Waals surface area contributed by atoms with Gasteiger partial charge in [-0.25, -0.2) is 0 Å². The predicted octanol–water partition coefficient (Wildman–Crippen LogP) is 4.43. The molecule has 0 bridgehead atoms. The molecule has 0 aromatic rings. The minimum absolute atomic E-state index is 0. The molecule has 3 saturated carbocycles. The van der Waals surface area contributed by atoms with Crippen molar-refractivity contribution in [3.8, 4) is 0 Å². The zero-order chi connectivity index (χ0) is 20.1. The van der Waals surface area contributed by atoms with E-state index in [-0.39, 0.29) is 44.2 Å². The third-order valence-corrected chi connectivity index (χ3v) is 8.91. The van der Waals surface area contributed by atoms with E-state index in [9.17, 15) is 4.79 Å². The van der Waals surface area contributed by atoms with Crippen LogP contribution < -0.4 is 0 Å². The molecule has 1 heterocycles. The van der Waals surface area contributed by atoms with Gasteiger partial charge in [0.1, 0.15) is 6.10 Å². The summed E-state index contributed by atoms with van der Waals surface area (Å²) in [6, 6.07) is 0. The maximum absolute atomic E-state index is 12.0. The predicted molar refractivity (Wildman–Crippen MR) is 107 cm³/mol. The van der Waals surface area contributed by atoms with Gasteiger partial charge >= 0.3 is 0 Å². The molecule has 4 nitrogen and oxygen atoms in total. The fourth-order valence-electron chi connectivity index (χ4n) is 7.45. The minimum atomic E-state index is 0. The van der Waals surface area contributed by atoms with Gasteiger partial charge in [0.25, 0.3) is 0 Å². The quantitative estimate of drug-likeness (QED) is 0.448. The second-order valence-electron chi connectivity index (χ2n) is 9.87. The van der Waals surface area contributed by atoms with E-state index in [1.54, 1.807) is 6.92 Å². The average molecular weight is 475 g/mol. The van der Waals surface area contributed by atoms with E-state index in [2.05, 4.69) is 31.9 Å². The van der Waals surface area contributed by atoms with Crippen LogP contribution in [0.4, 0.5) is 0 Å². The number of ketones is 1. The van der Waals surface area contributed by atoms with Gasteiger partial charge in [0, 0.05) is 45.7 Å². The largest absolute Gasteiger partial charge is 0.653 e. The maximum Gasteiger partial charge on any atom is 0.155 e. The Morgan fingerprint density at radius 2 is 2.00 bits per heavy atom. The van der Waals surface area contributed by atoms with Crippen LogP contribution in [0.3, 0.4) is 0 Å². The summed E-state index contributed by atoms with van der Waals surface area (Å²) in [6.45, 7) is 10.7. The van der Waals surface area contributed by atoms with E-state index < -0.39 is 0 Å². The Morgan fingerprint density at radius 1 is 1.24 bits per heavy atom. The number of hydrogen-bond donors (Lipinski definition) is 0. The van der Waals surface area contributed by atoms with Gasteiger partial charge in [-0.05, 0) is 61.0 Å². The van der Waals surface area contributed by atoms with E-state index in [1.807, 2.05) is 6.08 Å². The van der Waals surface area contributed by atoms with Crippen LogP contribution in [-0.2, 0) is 51.8 Å². The van der Waals surface area contributed by atoms with Gasteiger partial charge in [-0.3, -0.25) is 4.79 Å². The summed E-state index contributed by atoms with van der Waals surface area (Å²) in [4.78, 5) is 21.0. The number of fused-ring (bicyclic) bond motifs is 8. The number of rotatable bonds is 3. The van der Waals surface area contributed by atoms with Gasteiger partial charge in [-0.15, -0.1) is 0 Å². The molecule has 3 unspecified atom stereocenters. The zero-order valence-corrected chi connectivity index (χ0v) is 21.1. The smallest absolute Gasteiger partial charge is 0.155 e. The first-order valence-corrected chi connectivity index (χ1v) is 11.1. The third-order valence-electron chi connectivity index (χ3n) is 8.91. The molecule has 0 N–H and O–H groups in total. The third kappa shape index (κ3) is 3.74. The summed E-state index contributed by atoms with van der Waals surface area (Å²) in [7, 11) is 0. The van der Waals surface area contributed by atoms with Gasteiger partial charge in [0.05, 0.1) is 6.10 Å². The molecule has 1 radical (unpaired) electrons. The van der Waals surface area contributed by atoms with E-state index in [0.717, 1.165) is 36.5 Å². The first-order valence-electron chi connectivity index (χ1n) is 11.1. The van der Waals surface area contributed by atoms with E-state index in [0.29, 0.717) is 23.9 Å². The Morgan fingerprint density at radius 3 is 2.62 bits per heavy atom. The van der Waals surface area contributed by atoms with Crippen molar-refractivity contribution in [2.45, 2.75) is 78.4 Å². The van der Waals surface area contributed by atoms with Crippen LogP contribution in [0.25, 0.3) is 0 Å². The van der Waals surface area contributed by atoms with Crippen molar-refractivity contribution >= 4 is 12.3 Å². The Kier molecular flexibility index (Phi) is 7.18. The van der Waals surface area contributed by atoms with Gasteiger partial charge in [-0.1, -0.05) is 38.6 Å². The molecule has 0 amide bonds. The fourth-order valence-corrected chi connectivity index (χ4v) is 7.45. The summed E-state index contributed by atoms with van der Waals surface area (Å²) in [5.41, 5.74) is 2.08. The van der Waals surface area contributed by atoms with Crippen LogP contribution in [0.1, 0.15) is 66.2 Å². The summed E-state index contributed by atoms with van der Waals surface area (Å²) in [5.74, 6) is 3.42. The van der Waals surface area contributed by atoms with Crippen molar-refractivity contribution in [2.24, 2.45) is 34.5 Å². The molecule has 0 spiro atoms. The molecule has 29 heavy (non-hydrogen) atoms. The molecule has 5 aliphatic rings. The average Bonchev–Trinajstić information content (AvgIpc) is 3.39. The van der Waals surface area contributed by atoms with Crippen molar-refractivity contribution in [3.05, 3.63) is 18.1 Å². The van der Waals surface area contributed by atoms with Crippen LogP contribution >= 0.6 is 0 Å². The molecule has 0 aromatic heterocycles. The van der Waals surface area contributed by atoms with Gasteiger partial charge in [-0.2, -0.15) is 12.8 Å². The van der Waals surface area contributed by atoms with Gasteiger partial charge < -0.3 is 20.7 Å². The Bertz CT molecular complexity index is 676. The first-order chi connectivity index (χ1) is 13.4. The monoisotopic (exact) mass is 475 g/mol. The van der Waals surface area contributed by atoms with Crippen molar-refractivity contribution in [1.82, 2.24) is 0 Å². The molecule has 5 heteroatoms. The molecule has 1 aliphatic heterocycles. The van der Waals surface area contributed by atoms with Crippen molar-refractivity contribution in [1.29, 1.82) is 0 Å². The Hall–Kier alpha value is -0.0561. The van der Waals surface area contributed by atoms with Crippen LogP contribution in [0, 0.1) is 40.9 Å². The van der Waals surface area contributed by atoms with Gasteiger partial charge in [0.15, 0.2) is 5.78 Å². The molecule has 5 rings (SSSR count).